The summed E-state index contributed by atoms with van der Waals surface area (Å²) in [6, 6.07) is 3.47. The Hall–Kier alpha value is -0.620. The van der Waals surface area contributed by atoms with E-state index in [1.807, 2.05) is 6.92 Å². The molecule has 18 heavy (non-hydrogen) atoms. The molecule has 0 aromatic heterocycles. The molecule has 0 heterocycles. The smallest absolute Gasteiger partial charge is 0.254 e. The Morgan fingerprint density at radius 1 is 1.44 bits per heavy atom. The van der Waals surface area contributed by atoms with Crippen molar-refractivity contribution in [2.24, 2.45) is 0 Å². The summed E-state index contributed by atoms with van der Waals surface area (Å²) >= 11 is 6.69. The molecular formula is C12H14Br2FNO2. The first-order valence-corrected chi connectivity index (χ1v) is 7.65. The van der Waals surface area contributed by atoms with Gasteiger partial charge in [0.2, 0.25) is 0 Å². The average molecular weight is 383 g/mol. The fraction of sp³-hybridized carbons (Fsp3) is 0.417. The molecule has 0 aliphatic heterocycles. The second kappa shape index (κ2) is 6.52. The Morgan fingerprint density at radius 3 is 2.50 bits per heavy atom. The molecule has 0 aliphatic rings. The van der Waals surface area contributed by atoms with E-state index in [1.54, 1.807) is 0 Å². The number of halogens is 3. The van der Waals surface area contributed by atoms with Crippen LogP contribution in [0, 0.1) is 5.82 Å². The molecule has 0 spiro atoms. The Balaban J connectivity index is 2.94. The van der Waals surface area contributed by atoms with Crippen molar-refractivity contribution in [3.8, 4) is 5.75 Å². The van der Waals surface area contributed by atoms with E-state index in [9.17, 15) is 9.18 Å². The second-order valence-electron chi connectivity index (χ2n) is 4.02. The minimum absolute atomic E-state index is 0.0764. The van der Waals surface area contributed by atoms with E-state index in [0.717, 1.165) is 6.07 Å². The van der Waals surface area contributed by atoms with E-state index in [4.69, 9.17) is 5.11 Å². The Kier molecular flexibility index (Phi) is 5.59. The third kappa shape index (κ3) is 3.45. The lowest BCUT2D eigenvalue weighted by Gasteiger charge is -2.30. The maximum Gasteiger partial charge on any atom is 0.254 e. The summed E-state index contributed by atoms with van der Waals surface area (Å²) in [6.45, 7) is 1.94. The highest BCUT2D eigenvalue weighted by Crippen LogP contribution is 2.20. The van der Waals surface area contributed by atoms with Crippen LogP contribution in [-0.4, -0.2) is 27.2 Å². The van der Waals surface area contributed by atoms with Crippen LogP contribution in [0.2, 0.25) is 0 Å². The van der Waals surface area contributed by atoms with Gasteiger partial charge in [-0.3, -0.25) is 4.79 Å². The number of carbonyl (C=O) groups is 1. The molecule has 0 unspecified atom stereocenters. The standard InChI is InChI=1S/C12H14Br2FNO2/c1-2-12(6-13,7-14)16-11(18)9-4-3-8(17)5-10(9)15/h3-5,17H,2,6-7H2,1H3,(H,16,18). The second-order valence-corrected chi connectivity index (χ2v) is 5.14. The van der Waals surface area contributed by atoms with Crippen LogP contribution in [0.5, 0.6) is 5.75 Å². The van der Waals surface area contributed by atoms with Crippen molar-refractivity contribution in [2.45, 2.75) is 18.9 Å². The summed E-state index contributed by atoms with van der Waals surface area (Å²) in [6.07, 6.45) is 0.703. The van der Waals surface area contributed by atoms with E-state index in [-0.39, 0.29) is 11.3 Å². The molecule has 0 bridgehead atoms. The lowest BCUT2D eigenvalue weighted by atomic mass is 10.0. The summed E-state index contributed by atoms with van der Waals surface area (Å²) in [5.41, 5.74) is -0.533. The number of aromatic hydroxyl groups is 1. The summed E-state index contributed by atoms with van der Waals surface area (Å²) in [5, 5.41) is 13.0. The third-order valence-corrected chi connectivity index (χ3v) is 4.91. The summed E-state index contributed by atoms with van der Waals surface area (Å²) < 4.78 is 13.5. The van der Waals surface area contributed by atoms with Gasteiger partial charge in [-0.05, 0) is 18.6 Å². The molecular weight excluding hydrogens is 369 g/mol. The zero-order valence-corrected chi connectivity index (χ0v) is 13.0. The Labute approximate surface area is 122 Å². The van der Waals surface area contributed by atoms with Gasteiger partial charge in [0, 0.05) is 16.7 Å². The largest absolute Gasteiger partial charge is 0.508 e. The highest BCUT2D eigenvalue weighted by molar-refractivity contribution is 9.09. The van der Waals surface area contributed by atoms with E-state index >= 15 is 0 Å². The number of hydrogen-bond acceptors (Lipinski definition) is 2. The number of rotatable bonds is 5. The van der Waals surface area contributed by atoms with Crippen molar-refractivity contribution in [3.05, 3.63) is 29.6 Å². The number of phenols is 1. The summed E-state index contributed by atoms with van der Waals surface area (Å²) in [7, 11) is 0. The molecule has 0 atom stereocenters. The molecule has 0 saturated carbocycles. The quantitative estimate of drug-likeness (QED) is 0.768. The first-order chi connectivity index (χ1) is 8.48. The molecule has 100 valence electrons. The highest BCUT2D eigenvalue weighted by atomic mass is 79.9. The van der Waals surface area contributed by atoms with Gasteiger partial charge < -0.3 is 10.4 Å². The van der Waals surface area contributed by atoms with Crippen molar-refractivity contribution >= 4 is 37.8 Å². The van der Waals surface area contributed by atoms with Crippen LogP contribution in [0.15, 0.2) is 18.2 Å². The van der Waals surface area contributed by atoms with Gasteiger partial charge in [0.25, 0.3) is 5.91 Å². The number of hydrogen-bond donors (Lipinski definition) is 2. The molecule has 3 nitrogen and oxygen atoms in total. The maximum atomic E-state index is 13.5. The minimum atomic E-state index is -0.735. The molecule has 0 saturated heterocycles. The van der Waals surface area contributed by atoms with Crippen LogP contribution in [-0.2, 0) is 0 Å². The van der Waals surface area contributed by atoms with Crippen LogP contribution < -0.4 is 5.32 Å². The molecule has 1 rings (SSSR count). The van der Waals surface area contributed by atoms with Gasteiger partial charge in [0.05, 0.1) is 11.1 Å². The maximum absolute atomic E-state index is 13.5. The predicted octanol–water partition coefficient (Wildman–Crippen LogP) is 3.20. The molecule has 0 radical (unpaired) electrons. The first kappa shape index (κ1) is 15.4. The Morgan fingerprint density at radius 2 is 2.06 bits per heavy atom. The molecule has 6 heteroatoms. The van der Waals surface area contributed by atoms with Crippen LogP contribution >= 0.6 is 31.9 Å². The fourth-order valence-corrected chi connectivity index (χ4v) is 3.38. The van der Waals surface area contributed by atoms with Gasteiger partial charge in [-0.15, -0.1) is 0 Å². The molecule has 2 N–H and O–H groups in total. The van der Waals surface area contributed by atoms with Gasteiger partial charge in [-0.1, -0.05) is 38.8 Å². The number of benzene rings is 1. The average Bonchev–Trinajstić information content (AvgIpc) is 2.36. The van der Waals surface area contributed by atoms with Crippen LogP contribution in [0.4, 0.5) is 4.39 Å². The molecule has 1 aromatic carbocycles. The molecule has 1 aromatic rings. The Bertz CT molecular complexity index is 428. The van der Waals surface area contributed by atoms with Crippen molar-refractivity contribution in [1.29, 1.82) is 0 Å². The zero-order valence-electron chi connectivity index (χ0n) is 9.84. The van der Waals surface area contributed by atoms with Crippen LogP contribution in [0.1, 0.15) is 23.7 Å². The topological polar surface area (TPSA) is 49.3 Å². The SMILES string of the molecule is CCC(CBr)(CBr)NC(=O)c1ccc(O)cc1F. The van der Waals surface area contributed by atoms with Crippen molar-refractivity contribution in [1.82, 2.24) is 5.32 Å². The highest BCUT2D eigenvalue weighted by Gasteiger charge is 2.28. The molecule has 1 amide bonds. The van der Waals surface area contributed by atoms with E-state index < -0.39 is 17.3 Å². The van der Waals surface area contributed by atoms with Gasteiger partial charge in [0.1, 0.15) is 11.6 Å². The van der Waals surface area contributed by atoms with Gasteiger partial charge in [0.15, 0.2) is 0 Å². The number of carbonyl (C=O) groups excluding carboxylic acids is 1. The zero-order chi connectivity index (χ0) is 13.8. The normalized spacial score (nSPS) is 11.3. The number of alkyl halides is 2. The minimum Gasteiger partial charge on any atom is -0.508 e. The van der Waals surface area contributed by atoms with Gasteiger partial charge >= 0.3 is 0 Å². The lowest BCUT2D eigenvalue weighted by Crippen LogP contribution is -2.51. The number of amides is 1. The molecule has 0 aliphatic carbocycles. The van der Waals surface area contributed by atoms with Crippen molar-refractivity contribution in [2.75, 3.05) is 10.7 Å². The first-order valence-electron chi connectivity index (χ1n) is 5.41. The summed E-state index contributed by atoms with van der Waals surface area (Å²) in [5.74, 6) is -1.43. The monoisotopic (exact) mass is 381 g/mol. The van der Waals surface area contributed by atoms with E-state index in [2.05, 4.69) is 37.2 Å². The fourth-order valence-electron chi connectivity index (χ4n) is 1.38. The van der Waals surface area contributed by atoms with Crippen LogP contribution in [0.25, 0.3) is 0 Å². The van der Waals surface area contributed by atoms with Crippen molar-refractivity contribution in [3.63, 3.8) is 0 Å². The van der Waals surface area contributed by atoms with Crippen molar-refractivity contribution < 1.29 is 14.3 Å². The number of nitrogens with one attached hydrogen (secondary N) is 1. The lowest BCUT2D eigenvalue weighted by molar-refractivity contribution is 0.0911. The third-order valence-electron chi connectivity index (χ3n) is 2.76. The number of phenolic OH excluding ortho intramolecular Hbond substituents is 1. The van der Waals surface area contributed by atoms with E-state index in [1.165, 1.54) is 12.1 Å². The predicted molar refractivity (Wildman–Crippen MR) is 76.1 cm³/mol. The van der Waals surface area contributed by atoms with E-state index in [0.29, 0.717) is 17.1 Å². The van der Waals surface area contributed by atoms with Gasteiger partial charge in [-0.2, -0.15) is 0 Å². The molecule has 0 fully saturated rings. The summed E-state index contributed by atoms with van der Waals surface area (Å²) in [4.78, 5) is 12.0. The van der Waals surface area contributed by atoms with Crippen LogP contribution in [0.3, 0.4) is 0 Å². The van der Waals surface area contributed by atoms with Gasteiger partial charge in [-0.25, -0.2) is 4.39 Å².